The number of nitro groups is 1. The van der Waals surface area contributed by atoms with Gasteiger partial charge in [0.15, 0.2) is 4.80 Å². The average molecular weight is 397 g/mol. The van der Waals surface area contributed by atoms with Gasteiger partial charge in [0.05, 0.1) is 22.2 Å². The van der Waals surface area contributed by atoms with Crippen LogP contribution in [0.5, 0.6) is 0 Å². The van der Waals surface area contributed by atoms with Crippen LogP contribution in [0.2, 0.25) is 0 Å². The standard InChI is InChI=1S/C19H15N3O5S/c1-27-18(24)12-21-15-7-2-3-8-16(15)28-19(21)20-17(23)10-9-13-5-4-6-14(11-13)22(25)26/h2-11H,12H2,1H3. The van der Waals surface area contributed by atoms with E-state index in [1.54, 1.807) is 10.6 Å². The van der Waals surface area contributed by atoms with E-state index in [-0.39, 0.29) is 12.2 Å². The fourth-order valence-corrected chi connectivity index (χ4v) is 3.53. The van der Waals surface area contributed by atoms with Crippen molar-refractivity contribution in [1.82, 2.24) is 4.57 Å². The van der Waals surface area contributed by atoms with Crippen LogP contribution in [0.4, 0.5) is 5.69 Å². The van der Waals surface area contributed by atoms with Crippen molar-refractivity contribution in [2.45, 2.75) is 6.54 Å². The van der Waals surface area contributed by atoms with Gasteiger partial charge in [0, 0.05) is 18.2 Å². The quantitative estimate of drug-likeness (QED) is 0.285. The zero-order chi connectivity index (χ0) is 20.1. The van der Waals surface area contributed by atoms with Crippen LogP contribution in [0.15, 0.2) is 59.6 Å². The van der Waals surface area contributed by atoms with Crippen LogP contribution in [-0.2, 0) is 20.9 Å². The minimum absolute atomic E-state index is 0.0630. The lowest BCUT2D eigenvalue weighted by molar-refractivity contribution is -0.384. The normalized spacial score (nSPS) is 11.8. The van der Waals surface area contributed by atoms with Crippen molar-refractivity contribution >= 4 is 45.2 Å². The highest BCUT2D eigenvalue weighted by Gasteiger charge is 2.11. The smallest absolute Gasteiger partial charge is 0.325 e. The number of nitrogens with zero attached hydrogens (tertiary/aromatic N) is 3. The molecular weight excluding hydrogens is 382 g/mol. The first-order chi connectivity index (χ1) is 13.5. The topological polar surface area (TPSA) is 104 Å². The second kappa shape index (κ2) is 8.40. The van der Waals surface area contributed by atoms with Crippen molar-refractivity contribution in [3.8, 4) is 0 Å². The lowest BCUT2D eigenvalue weighted by Crippen LogP contribution is -2.22. The summed E-state index contributed by atoms with van der Waals surface area (Å²) < 4.78 is 7.21. The number of thiazole rings is 1. The second-order valence-electron chi connectivity index (χ2n) is 5.65. The van der Waals surface area contributed by atoms with E-state index < -0.39 is 16.8 Å². The molecule has 1 amide bonds. The summed E-state index contributed by atoms with van der Waals surface area (Å²) in [5.74, 6) is -0.999. The molecule has 28 heavy (non-hydrogen) atoms. The number of hydrogen-bond acceptors (Lipinski definition) is 6. The molecule has 0 fully saturated rings. The number of hydrogen-bond donors (Lipinski definition) is 0. The lowest BCUT2D eigenvalue weighted by atomic mass is 10.2. The van der Waals surface area contributed by atoms with Gasteiger partial charge in [0.1, 0.15) is 6.54 Å². The number of esters is 1. The molecule has 0 atom stereocenters. The van der Waals surface area contributed by atoms with E-state index in [1.165, 1.54) is 48.8 Å². The van der Waals surface area contributed by atoms with Gasteiger partial charge in [-0.25, -0.2) is 0 Å². The fraction of sp³-hybridized carbons (Fsp3) is 0.105. The van der Waals surface area contributed by atoms with Crippen LogP contribution in [0.1, 0.15) is 5.56 Å². The van der Waals surface area contributed by atoms with Gasteiger partial charge in [-0.15, -0.1) is 0 Å². The summed E-state index contributed by atoms with van der Waals surface area (Å²) >= 11 is 1.28. The third-order valence-corrected chi connectivity index (χ3v) is 4.87. The number of ether oxygens (including phenoxy) is 1. The molecule has 9 heteroatoms. The highest BCUT2D eigenvalue weighted by molar-refractivity contribution is 7.16. The SMILES string of the molecule is COC(=O)Cn1c(=NC(=O)C=Cc2cccc([N+](=O)[O-])c2)sc2ccccc21. The highest BCUT2D eigenvalue weighted by atomic mass is 32.1. The average Bonchev–Trinajstić information content (AvgIpc) is 3.03. The predicted octanol–water partition coefficient (Wildman–Crippen LogP) is 2.92. The number of nitro benzene ring substituents is 1. The third-order valence-electron chi connectivity index (χ3n) is 3.81. The first kappa shape index (κ1) is 19.2. The lowest BCUT2D eigenvalue weighted by Gasteiger charge is -2.02. The number of methoxy groups -OCH3 is 1. The summed E-state index contributed by atoms with van der Waals surface area (Å²) in [6, 6.07) is 13.3. The van der Waals surface area contributed by atoms with Crippen LogP contribution < -0.4 is 4.80 Å². The van der Waals surface area contributed by atoms with Crippen LogP contribution in [-0.4, -0.2) is 28.5 Å². The summed E-state index contributed by atoms with van der Waals surface area (Å²) in [5, 5.41) is 10.8. The Hall–Kier alpha value is -3.59. The van der Waals surface area contributed by atoms with Gasteiger partial charge in [-0.3, -0.25) is 19.7 Å². The molecule has 0 saturated heterocycles. The number of rotatable bonds is 5. The molecule has 142 valence electrons. The summed E-state index contributed by atoms with van der Waals surface area (Å²) in [4.78, 5) is 38.8. The number of aromatic nitrogens is 1. The Morgan fingerprint density at radius 1 is 1.25 bits per heavy atom. The Labute approximate surface area is 163 Å². The molecule has 2 aromatic carbocycles. The molecule has 0 aliphatic rings. The number of amides is 1. The third kappa shape index (κ3) is 4.38. The Morgan fingerprint density at radius 2 is 2.04 bits per heavy atom. The minimum atomic E-state index is -0.545. The molecule has 0 N–H and O–H groups in total. The number of para-hydroxylation sites is 1. The molecule has 0 radical (unpaired) electrons. The van der Waals surface area contributed by atoms with E-state index in [9.17, 15) is 19.7 Å². The van der Waals surface area contributed by atoms with E-state index in [2.05, 4.69) is 4.99 Å². The number of carbonyl (C=O) groups is 2. The van der Waals surface area contributed by atoms with E-state index in [1.807, 2.05) is 24.3 Å². The largest absolute Gasteiger partial charge is 0.468 e. The maximum Gasteiger partial charge on any atom is 0.325 e. The van der Waals surface area contributed by atoms with Crippen LogP contribution in [0, 0.1) is 10.1 Å². The second-order valence-corrected chi connectivity index (χ2v) is 6.66. The zero-order valence-electron chi connectivity index (χ0n) is 14.8. The van der Waals surface area contributed by atoms with Gasteiger partial charge in [-0.2, -0.15) is 4.99 Å². The van der Waals surface area contributed by atoms with Crippen molar-refractivity contribution in [2.75, 3.05) is 7.11 Å². The van der Waals surface area contributed by atoms with Gasteiger partial charge in [-0.05, 0) is 23.8 Å². The number of carbonyl (C=O) groups excluding carboxylic acids is 2. The van der Waals surface area contributed by atoms with Crippen molar-refractivity contribution in [2.24, 2.45) is 4.99 Å². The first-order valence-electron chi connectivity index (χ1n) is 8.14. The predicted molar refractivity (Wildman–Crippen MR) is 105 cm³/mol. The molecule has 0 aliphatic carbocycles. The number of non-ortho nitro benzene ring substituents is 1. The molecule has 3 aromatic rings. The number of fused-ring (bicyclic) bond motifs is 1. The molecule has 0 saturated carbocycles. The van der Waals surface area contributed by atoms with Crippen LogP contribution in [0.3, 0.4) is 0 Å². The van der Waals surface area contributed by atoms with E-state index >= 15 is 0 Å². The Bertz CT molecular complexity index is 1160. The van der Waals surface area contributed by atoms with Gasteiger partial charge < -0.3 is 9.30 Å². The summed E-state index contributed by atoms with van der Waals surface area (Å²) in [6.07, 6.45) is 2.68. The van der Waals surface area contributed by atoms with Crippen LogP contribution >= 0.6 is 11.3 Å². The minimum Gasteiger partial charge on any atom is -0.468 e. The van der Waals surface area contributed by atoms with E-state index in [4.69, 9.17) is 4.74 Å². The summed E-state index contributed by atoms with van der Waals surface area (Å²) in [6.45, 7) is -0.0682. The monoisotopic (exact) mass is 397 g/mol. The first-order valence-corrected chi connectivity index (χ1v) is 8.96. The Kier molecular flexibility index (Phi) is 5.75. The van der Waals surface area contributed by atoms with E-state index in [0.29, 0.717) is 10.4 Å². The van der Waals surface area contributed by atoms with Crippen molar-refractivity contribution in [1.29, 1.82) is 0 Å². The highest BCUT2D eigenvalue weighted by Crippen LogP contribution is 2.17. The molecule has 0 spiro atoms. The molecule has 8 nitrogen and oxygen atoms in total. The molecule has 3 rings (SSSR count). The van der Waals surface area contributed by atoms with Crippen LogP contribution in [0.25, 0.3) is 16.3 Å². The molecule has 1 heterocycles. The fourth-order valence-electron chi connectivity index (χ4n) is 2.49. The Morgan fingerprint density at radius 3 is 2.79 bits per heavy atom. The van der Waals surface area contributed by atoms with E-state index in [0.717, 1.165) is 10.2 Å². The van der Waals surface area contributed by atoms with Crippen molar-refractivity contribution in [3.05, 3.63) is 75.1 Å². The molecule has 0 aliphatic heterocycles. The maximum absolute atomic E-state index is 12.3. The number of benzene rings is 2. The molecular formula is C19H15N3O5S. The maximum atomic E-state index is 12.3. The van der Waals surface area contributed by atoms with Crippen molar-refractivity contribution in [3.63, 3.8) is 0 Å². The molecule has 0 unspecified atom stereocenters. The summed E-state index contributed by atoms with van der Waals surface area (Å²) in [5.41, 5.74) is 1.22. The molecule has 0 bridgehead atoms. The molecule has 1 aromatic heterocycles. The zero-order valence-corrected chi connectivity index (χ0v) is 15.6. The van der Waals surface area contributed by atoms with Gasteiger partial charge in [-0.1, -0.05) is 35.6 Å². The Balaban J connectivity index is 1.94. The van der Waals surface area contributed by atoms with Gasteiger partial charge in [0.25, 0.3) is 11.6 Å². The van der Waals surface area contributed by atoms with Gasteiger partial charge in [0.2, 0.25) is 0 Å². The van der Waals surface area contributed by atoms with Crippen molar-refractivity contribution < 1.29 is 19.2 Å². The summed E-state index contributed by atoms with van der Waals surface area (Å²) in [7, 11) is 1.29. The van der Waals surface area contributed by atoms with Gasteiger partial charge >= 0.3 is 5.97 Å².